The van der Waals surface area contributed by atoms with Gasteiger partial charge in [0.15, 0.2) is 0 Å². The number of hydrogen-bond donors (Lipinski definition) is 1. The van der Waals surface area contributed by atoms with Crippen molar-refractivity contribution in [2.24, 2.45) is 5.73 Å². The van der Waals surface area contributed by atoms with E-state index >= 15 is 0 Å². The second-order valence-electron chi connectivity index (χ2n) is 4.61. The number of nitrogens with two attached hydrogens (primary N) is 1. The Morgan fingerprint density at radius 3 is 2.60 bits per heavy atom. The van der Waals surface area contributed by atoms with E-state index in [0.717, 1.165) is 22.6 Å². The first-order valence-corrected chi connectivity index (χ1v) is 6.78. The van der Waals surface area contributed by atoms with E-state index in [0.29, 0.717) is 11.6 Å². The molecule has 0 aliphatic heterocycles. The van der Waals surface area contributed by atoms with Crippen LogP contribution < -0.4 is 15.2 Å². The fourth-order valence-electron chi connectivity index (χ4n) is 1.90. The first-order chi connectivity index (χ1) is 9.60. The first kappa shape index (κ1) is 14.7. The Bertz CT molecular complexity index is 584. The van der Waals surface area contributed by atoms with Crippen molar-refractivity contribution < 1.29 is 9.47 Å². The molecule has 0 aromatic heterocycles. The van der Waals surface area contributed by atoms with Crippen molar-refractivity contribution in [3.8, 4) is 11.5 Å². The van der Waals surface area contributed by atoms with Gasteiger partial charge in [-0.15, -0.1) is 0 Å². The van der Waals surface area contributed by atoms with E-state index in [1.165, 1.54) is 0 Å². The van der Waals surface area contributed by atoms with Crippen molar-refractivity contribution >= 4 is 11.6 Å². The zero-order valence-electron chi connectivity index (χ0n) is 11.6. The molecule has 0 bridgehead atoms. The lowest BCUT2D eigenvalue weighted by molar-refractivity contribution is 0.305. The Balaban J connectivity index is 2.05. The summed E-state index contributed by atoms with van der Waals surface area (Å²) in [5.41, 5.74) is 7.78. The van der Waals surface area contributed by atoms with Crippen molar-refractivity contribution in [1.82, 2.24) is 0 Å². The molecule has 4 heteroatoms. The van der Waals surface area contributed by atoms with Gasteiger partial charge in [-0.05, 0) is 42.3 Å². The molecule has 1 unspecified atom stereocenters. The minimum absolute atomic E-state index is 0.0880. The molecule has 2 aromatic carbocycles. The Morgan fingerprint density at radius 1 is 1.15 bits per heavy atom. The third-order valence-corrected chi connectivity index (χ3v) is 3.33. The highest BCUT2D eigenvalue weighted by atomic mass is 35.5. The van der Waals surface area contributed by atoms with Crippen molar-refractivity contribution in [1.29, 1.82) is 0 Å². The molecule has 3 nitrogen and oxygen atoms in total. The number of rotatable bonds is 5. The molecular formula is C16H18ClNO2. The summed E-state index contributed by atoms with van der Waals surface area (Å²) in [4.78, 5) is 0. The molecule has 2 N–H and O–H groups in total. The molecule has 1 atom stereocenters. The fourth-order valence-corrected chi connectivity index (χ4v) is 2.24. The largest absolute Gasteiger partial charge is 0.497 e. The molecule has 2 aromatic rings. The topological polar surface area (TPSA) is 44.5 Å². The summed E-state index contributed by atoms with van der Waals surface area (Å²) in [6.45, 7) is 2.36. The summed E-state index contributed by atoms with van der Waals surface area (Å²) in [5.74, 6) is 1.54. The SMILES string of the molecule is COc1cccc(COc2ccc(C(C)N)c(Cl)c2)c1. The molecule has 0 saturated heterocycles. The molecule has 2 rings (SSSR count). The smallest absolute Gasteiger partial charge is 0.121 e. The van der Waals surface area contributed by atoms with Crippen LogP contribution >= 0.6 is 11.6 Å². The first-order valence-electron chi connectivity index (χ1n) is 6.41. The van der Waals surface area contributed by atoms with Gasteiger partial charge in [0, 0.05) is 11.1 Å². The summed E-state index contributed by atoms with van der Waals surface area (Å²) in [7, 11) is 1.65. The third-order valence-electron chi connectivity index (χ3n) is 3.00. The Labute approximate surface area is 124 Å². The summed E-state index contributed by atoms with van der Waals surface area (Å²) >= 11 is 6.17. The van der Waals surface area contributed by atoms with Crippen LogP contribution in [0.1, 0.15) is 24.1 Å². The van der Waals surface area contributed by atoms with Gasteiger partial charge in [-0.2, -0.15) is 0 Å². The van der Waals surface area contributed by atoms with Gasteiger partial charge in [0.1, 0.15) is 18.1 Å². The highest BCUT2D eigenvalue weighted by molar-refractivity contribution is 6.31. The van der Waals surface area contributed by atoms with Gasteiger partial charge >= 0.3 is 0 Å². The van der Waals surface area contributed by atoms with Crippen LogP contribution in [0.3, 0.4) is 0 Å². The van der Waals surface area contributed by atoms with Crippen LogP contribution in [0.25, 0.3) is 0 Å². The predicted octanol–water partition coefficient (Wildman–Crippen LogP) is 3.95. The minimum atomic E-state index is -0.0880. The van der Waals surface area contributed by atoms with Crippen molar-refractivity contribution in [2.75, 3.05) is 7.11 Å². The lowest BCUT2D eigenvalue weighted by Gasteiger charge is -2.11. The highest BCUT2D eigenvalue weighted by Gasteiger charge is 2.07. The third kappa shape index (κ3) is 3.65. The number of hydrogen-bond acceptors (Lipinski definition) is 3. The van der Waals surface area contributed by atoms with Gasteiger partial charge in [-0.3, -0.25) is 0 Å². The molecule has 0 radical (unpaired) electrons. The van der Waals surface area contributed by atoms with Gasteiger partial charge in [0.25, 0.3) is 0 Å². The molecule has 0 spiro atoms. The zero-order chi connectivity index (χ0) is 14.5. The maximum Gasteiger partial charge on any atom is 0.121 e. The van der Waals surface area contributed by atoms with Crippen LogP contribution in [0.2, 0.25) is 5.02 Å². The van der Waals surface area contributed by atoms with Gasteiger partial charge < -0.3 is 15.2 Å². The monoisotopic (exact) mass is 291 g/mol. The lowest BCUT2D eigenvalue weighted by Crippen LogP contribution is -2.05. The van der Waals surface area contributed by atoms with E-state index in [1.54, 1.807) is 13.2 Å². The molecule has 106 valence electrons. The van der Waals surface area contributed by atoms with Crippen LogP contribution in [-0.2, 0) is 6.61 Å². The van der Waals surface area contributed by atoms with Crippen molar-refractivity contribution in [3.63, 3.8) is 0 Å². The summed E-state index contributed by atoms with van der Waals surface area (Å²) in [6.07, 6.45) is 0. The van der Waals surface area contributed by atoms with Crippen LogP contribution in [-0.4, -0.2) is 7.11 Å². The van der Waals surface area contributed by atoms with Gasteiger partial charge in [-0.25, -0.2) is 0 Å². The molecule has 0 fully saturated rings. The van der Waals surface area contributed by atoms with Crippen LogP contribution in [0.5, 0.6) is 11.5 Å². The van der Waals surface area contributed by atoms with E-state index in [2.05, 4.69) is 0 Å². The average Bonchev–Trinajstić information content (AvgIpc) is 2.45. The van der Waals surface area contributed by atoms with Crippen LogP contribution in [0.4, 0.5) is 0 Å². The number of benzene rings is 2. The lowest BCUT2D eigenvalue weighted by atomic mass is 10.1. The van der Waals surface area contributed by atoms with E-state index < -0.39 is 0 Å². The molecule has 0 amide bonds. The van der Waals surface area contributed by atoms with Crippen molar-refractivity contribution in [3.05, 3.63) is 58.6 Å². The molecule has 0 heterocycles. The van der Waals surface area contributed by atoms with E-state index in [4.69, 9.17) is 26.8 Å². The minimum Gasteiger partial charge on any atom is -0.497 e. The Hall–Kier alpha value is -1.71. The molecular weight excluding hydrogens is 274 g/mol. The number of halogens is 1. The summed E-state index contributed by atoms with van der Waals surface area (Å²) in [5, 5.41) is 0.628. The summed E-state index contributed by atoms with van der Waals surface area (Å²) < 4.78 is 10.9. The van der Waals surface area contributed by atoms with Crippen molar-refractivity contribution in [2.45, 2.75) is 19.6 Å². The van der Waals surface area contributed by atoms with Gasteiger partial charge in [0.2, 0.25) is 0 Å². The fraction of sp³-hybridized carbons (Fsp3) is 0.250. The van der Waals surface area contributed by atoms with E-state index in [1.807, 2.05) is 43.3 Å². The quantitative estimate of drug-likeness (QED) is 0.907. The molecule has 0 saturated carbocycles. The Morgan fingerprint density at radius 2 is 1.95 bits per heavy atom. The molecule has 0 aliphatic rings. The molecule has 20 heavy (non-hydrogen) atoms. The highest BCUT2D eigenvalue weighted by Crippen LogP contribution is 2.26. The molecule has 0 aliphatic carbocycles. The standard InChI is InChI=1S/C16H18ClNO2/c1-11(18)15-7-6-14(9-16(15)17)20-10-12-4-3-5-13(8-12)19-2/h3-9,11H,10,18H2,1-2H3. The zero-order valence-corrected chi connectivity index (χ0v) is 12.4. The predicted molar refractivity (Wildman–Crippen MR) is 81.4 cm³/mol. The van der Waals surface area contributed by atoms with Gasteiger partial charge in [-0.1, -0.05) is 29.8 Å². The van der Waals surface area contributed by atoms with E-state index in [-0.39, 0.29) is 6.04 Å². The van der Waals surface area contributed by atoms with Crippen LogP contribution in [0, 0.1) is 0 Å². The van der Waals surface area contributed by atoms with Crippen LogP contribution in [0.15, 0.2) is 42.5 Å². The maximum absolute atomic E-state index is 6.17. The number of methoxy groups -OCH3 is 1. The van der Waals surface area contributed by atoms with Gasteiger partial charge in [0.05, 0.1) is 7.11 Å². The number of ether oxygens (including phenoxy) is 2. The second-order valence-corrected chi connectivity index (χ2v) is 5.02. The maximum atomic E-state index is 6.17. The average molecular weight is 292 g/mol. The van der Waals surface area contributed by atoms with E-state index in [9.17, 15) is 0 Å². The Kier molecular flexibility index (Phi) is 4.88. The second kappa shape index (κ2) is 6.64. The summed E-state index contributed by atoms with van der Waals surface area (Å²) in [6, 6.07) is 13.2. The normalized spacial score (nSPS) is 12.0.